The molecule has 1 heterocycles. The summed E-state index contributed by atoms with van der Waals surface area (Å²) in [6.07, 6.45) is 4.72. The van der Waals surface area contributed by atoms with Crippen LogP contribution in [0.25, 0.3) is 22.5 Å². The summed E-state index contributed by atoms with van der Waals surface area (Å²) in [7, 11) is 0. The zero-order valence-electron chi connectivity index (χ0n) is 23.8. The van der Waals surface area contributed by atoms with Crippen LogP contribution in [0.4, 0.5) is 0 Å². The highest BCUT2D eigenvalue weighted by Gasteiger charge is 2.21. The van der Waals surface area contributed by atoms with Gasteiger partial charge in [0.15, 0.2) is 5.82 Å². The second-order valence-electron chi connectivity index (χ2n) is 11.7. The van der Waals surface area contributed by atoms with Crippen molar-refractivity contribution in [2.45, 2.75) is 58.9 Å². The highest BCUT2D eigenvalue weighted by molar-refractivity contribution is 5.96. The fourth-order valence-corrected chi connectivity index (χ4v) is 4.52. The normalized spacial score (nSPS) is 12.2. The van der Waals surface area contributed by atoms with Crippen LogP contribution < -0.4 is 5.32 Å². The monoisotopic (exact) mass is 535 g/mol. The van der Waals surface area contributed by atoms with E-state index in [1.54, 1.807) is 12.1 Å². The minimum absolute atomic E-state index is 0.0977. The van der Waals surface area contributed by atoms with Crippen molar-refractivity contribution in [3.05, 3.63) is 107 Å². The SMILES string of the molecule is CC(C)Cc1ccc(C(=O)N[C@@H](Cc2ccc(-c3ncc(-c4ccc(C(C)(C)C)cc4)cn3)cc2)C(=O)O)cc1. The summed E-state index contributed by atoms with van der Waals surface area (Å²) in [6.45, 7) is 10.9. The Kier molecular flexibility index (Phi) is 8.78. The van der Waals surface area contributed by atoms with E-state index in [0.717, 1.165) is 34.2 Å². The highest BCUT2D eigenvalue weighted by Crippen LogP contribution is 2.26. The van der Waals surface area contributed by atoms with Crippen LogP contribution >= 0.6 is 0 Å². The first-order chi connectivity index (χ1) is 19.0. The molecule has 4 rings (SSSR count). The van der Waals surface area contributed by atoms with Gasteiger partial charge in [-0.2, -0.15) is 0 Å². The molecule has 1 amide bonds. The van der Waals surface area contributed by atoms with Crippen molar-refractivity contribution in [3.8, 4) is 22.5 Å². The molecule has 3 aromatic carbocycles. The molecule has 0 aliphatic heterocycles. The van der Waals surface area contributed by atoms with E-state index in [9.17, 15) is 14.7 Å². The fourth-order valence-electron chi connectivity index (χ4n) is 4.52. The third-order valence-electron chi connectivity index (χ3n) is 6.85. The van der Waals surface area contributed by atoms with E-state index in [4.69, 9.17) is 0 Å². The maximum absolute atomic E-state index is 12.7. The molecule has 40 heavy (non-hydrogen) atoms. The number of nitrogens with zero attached hydrogens (tertiary/aromatic N) is 2. The largest absolute Gasteiger partial charge is 0.480 e. The molecule has 1 aromatic heterocycles. The van der Waals surface area contributed by atoms with E-state index in [0.29, 0.717) is 17.3 Å². The molecule has 1 atom stereocenters. The van der Waals surface area contributed by atoms with Gasteiger partial charge in [-0.3, -0.25) is 4.79 Å². The van der Waals surface area contributed by atoms with E-state index < -0.39 is 17.9 Å². The first kappa shape index (κ1) is 28.7. The number of rotatable bonds is 9. The molecule has 4 aromatic rings. The molecule has 0 unspecified atom stereocenters. The number of carbonyl (C=O) groups is 2. The molecule has 0 aliphatic rings. The lowest BCUT2D eigenvalue weighted by Crippen LogP contribution is -2.42. The van der Waals surface area contributed by atoms with Crippen LogP contribution in [0.3, 0.4) is 0 Å². The molecular weight excluding hydrogens is 498 g/mol. The summed E-state index contributed by atoms with van der Waals surface area (Å²) >= 11 is 0. The summed E-state index contributed by atoms with van der Waals surface area (Å²) in [6, 6.07) is 22.2. The van der Waals surface area contributed by atoms with Gasteiger partial charge < -0.3 is 10.4 Å². The number of amides is 1. The molecule has 0 spiro atoms. The molecule has 6 nitrogen and oxygen atoms in total. The smallest absolute Gasteiger partial charge is 0.326 e. The third kappa shape index (κ3) is 7.41. The molecule has 0 radical (unpaired) electrons. The Morgan fingerprint density at radius 3 is 1.80 bits per heavy atom. The van der Waals surface area contributed by atoms with Gasteiger partial charge in [0.2, 0.25) is 0 Å². The van der Waals surface area contributed by atoms with Gasteiger partial charge in [-0.25, -0.2) is 14.8 Å². The van der Waals surface area contributed by atoms with E-state index in [-0.39, 0.29) is 11.8 Å². The number of hydrogen-bond donors (Lipinski definition) is 2. The average Bonchev–Trinajstić information content (AvgIpc) is 2.93. The maximum atomic E-state index is 12.7. The number of carbonyl (C=O) groups excluding carboxylic acids is 1. The average molecular weight is 536 g/mol. The lowest BCUT2D eigenvalue weighted by molar-refractivity contribution is -0.139. The third-order valence-corrected chi connectivity index (χ3v) is 6.85. The van der Waals surface area contributed by atoms with Crippen LogP contribution in [0.15, 0.2) is 85.2 Å². The van der Waals surface area contributed by atoms with Crippen molar-refractivity contribution >= 4 is 11.9 Å². The Morgan fingerprint density at radius 2 is 1.27 bits per heavy atom. The van der Waals surface area contributed by atoms with Crippen LogP contribution in [0.2, 0.25) is 0 Å². The van der Waals surface area contributed by atoms with Gasteiger partial charge in [-0.15, -0.1) is 0 Å². The van der Waals surface area contributed by atoms with Gasteiger partial charge in [-0.1, -0.05) is 95.3 Å². The Labute approximate surface area is 236 Å². The lowest BCUT2D eigenvalue weighted by Gasteiger charge is -2.19. The molecule has 0 fully saturated rings. The molecule has 0 saturated carbocycles. The van der Waals surface area contributed by atoms with Gasteiger partial charge in [0.1, 0.15) is 6.04 Å². The maximum Gasteiger partial charge on any atom is 0.326 e. The second-order valence-corrected chi connectivity index (χ2v) is 11.7. The van der Waals surface area contributed by atoms with Crippen LogP contribution in [0, 0.1) is 5.92 Å². The Morgan fingerprint density at radius 1 is 0.750 bits per heavy atom. The summed E-state index contributed by atoms with van der Waals surface area (Å²) in [5.41, 5.74) is 6.58. The number of hydrogen-bond acceptors (Lipinski definition) is 4. The minimum atomic E-state index is -1.08. The van der Waals surface area contributed by atoms with Crippen LogP contribution in [-0.2, 0) is 23.1 Å². The predicted molar refractivity (Wildman–Crippen MR) is 159 cm³/mol. The number of carboxylic acid groups (broad SMARTS) is 1. The number of nitrogens with one attached hydrogen (secondary N) is 1. The Bertz CT molecular complexity index is 1440. The number of carboxylic acids is 1. The van der Waals surface area contributed by atoms with E-state index >= 15 is 0 Å². The lowest BCUT2D eigenvalue weighted by atomic mass is 9.86. The van der Waals surface area contributed by atoms with Crippen molar-refractivity contribution in [2.75, 3.05) is 0 Å². The van der Waals surface area contributed by atoms with Gasteiger partial charge in [0, 0.05) is 35.5 Å². The summed E-state index contributed by atoms with van der Waals surface area (Å²) in [4.78, 5) is 33.7. The first-order valence-electron chi connectivity index (χ1n) is 13.6. The van der Waals surface area contributed by atoms with E-state index in [1.807, 2.05) is 48.8 Å². The topological polar surface area (TPSA) is 92.2 Å². The molecule has 0 bridgehead atoms. The van der Waals surface area contributed by atoms with Crippen molar-refractivity contribution in [2.24, 2.45) is 5.92 Å². The van der Waals surface area contributed by atoms with Crippen molar-refractivity contribution in [1.29, 1.82) is 0 Å². The summed E-state index contributed by atoms with van der Waals surface area (Å²) in [5.74, 6) is -0.375. The van der Waals surface area contributed by atoms with Crippen LogP contribution in [0.5, 0.6) is 0 Å². The quantitative estimate of drug-likeness (QED) is 0.248. The van der Waals surface area contributed by atoms with Crippen LogP contribution in [0.1, 0.15) is 61.7 Å². The Balaban J connectivity index is 1.40. The Hall–Kier alpha value is -4.32. The number of benzene rings is 3. The van der Waals surface area contributed by atoms with Crippen LogP contribution in [-0.4, -0.2) is 33.0 Å². The van der Waals surface area contributed by atoms with Gasteiger partial charge in [0.25, 0.3) is 5.91 Å². The summed E-state index contributed by atoms with van der Waals surface area (Å²) < 4.78 is 0. The second kappa shape index (κ2) is 12.2. The van der Waals surface area contributed by atoms with Crippen molar-refractivity contribution in [3.63, 3.8) is 0 Å². The summed E-state index contributed by atoms with van der Waals surface area (Å²) in [5, 5.41) is 12.4. The van der Waals surface area contributed by atoms with Gasteiger partial charge in [0.05, 0.1) is 0 Å². The number of aliphatic carboxylic acids is 1. The standard InChI is InChI=1S/C34H37N3O3/c1-22(2)18-23-8-12-27(13-9-23)32(38)37-30(33(39)40)19-24-6-10-26(11-7-24)31-35-20-28(21-36-31)25-14-16-29(17-15-25)34(3,4)5/h6-17,20-22,30H,18-19H2,1-5H3,(H,37,38)(H,39,40)/t30-/m0/s1. The van der Waals surface area contributed by atoms with Gasteiger partial charge in [-0.05, 0) is 52.1 Å². The predicted octanol–water partition coefficient (Wildman–Crippen LogP) is 6.73. The zero-order valence-corrected chi connectivity index (χ0v) is 23.8. The minimum Gasteiger partial charge on any atom is -0.480 e. The highest BCUT2D eigenvalue weighted by atomic mass is 16.4. The van der Waals surface area contributed by atoms with Crippen molar-refractivity contribution < 1.29 is 14.7 Å². The zero-order chi connectivity index (χ0) is 28.9. The number of aromatic nitrogens is 2. The van der Waals surface area contributed by atoms with E-state index in [2.05, 4.69) is 74.2 Å². The van der Waals surface area contributed by atoms with Crippen molar-refractivity contribution in [1.82, 2.24) is 15.3 Å². The molecule has 6 heteroatoms. The van der Waals surface area contributed by atoms with E-state index in [1.165, 1.54) is 5.56 Å². The molecule has 2 N–H and O–H groups in total. The molecule has 206 valence electrons. The van der Waals surface area contributed by atoms with Gasteiger partial charge >= 0.3 is 5.97 Å². The molecule has 0 aliphatic carbocycles. The molecular formula is C34H37N3O3. The molecule has 0 saturated heterocycles. The first-order valence-corrected chi connectivity index (χ1v) is 13.6. The fraction of sp³-hybridized carbons (Fsp3) is 0.294.